The first-order chi connectivity index (χ1) is 8.33. The van der Waals surface area contributed by atoms with Crippen molar-refractivity contribution in [2.24, 2.45) is 29.1 Å². The summed E-state index contributed by atoms with van der Waals surface area (Å²) in [5.74, 6) is 3.47. The number of aliphatic hydroxyl groups is 1. The van der Waals surface area contributed by atoms with E-state index in [9.17, 15) is 5.11 Å². The summed E-state index contributed by atoms with van der Waals surface area (Å²) in [4.78, 5) is 0. The van der Waals surface area contributed by atoms with Gasteiger partial charge in [-0.3, -0.25) is 0 Å². The molecule has 0 spiro atoms. The van der Waals surface area contributed by atoms with Crippen molar-refractivity contribution in [2.75, 3.05) is 0 Å². The van der Waals surface area contributed by atoms with E-state index in [1.54, 1.807) is 0 Å². The van der Waals surface area contributed by atoms with E-state index in [0.717, 1.165) is 30.6 Å². The fourth-order valence-electron chi connectivity index (χ4n) is 4.70. The molecule has 2 aliphatic rings. The average molecular weight is 252 g/mol. The van der Waals surface area contributed by atoms with Crippen LogP contribution in [0, 0.1) is 29.1 Å². The van der Waals surface area contributed by atoms with Crippen LogP contribution in [-0.2, 0) is 0 Å². The molecule has 2 bridgehead atoms. The number of fused-ring (bicyclic) bond motifs is 2. The van der Waals surface area contributed by atoms with Gasteiger partial charge in [0.1, 0.15) is 0 Å². The van der Waals surface area contributed by atoms with Crippen molar-refractivity contribution in [3.8, 4) is 0 Å². The molecule has 2 fully saturated rings. The van der Waals surface area contributed by atoms with Crippen LogP contribution in [0.3, 0.4) is 0 Å². The van der Waals surface area contributed by atoms with E-state index in [0.29, 0.717) is 11.3 Å². The van der Waals surface area contributed by atoms with Gasteiger partial charge in [-0.15, -0.1) is 0 Å². The van der Waals surface area contributed by atoms with Crippen LogP contribution in [0.25, 0.3) is 0 Å². The van der Waals surface area contributed by atoms with E-state index in [4.69, 9.17) is 0 Å². The molecule has 0 amide bonds. The first kappa shape index (κ1) is 14.4. The van der Waals surface area contributed by atoms with Gasteiger partial charge in [0.05, 0.1) is 6.10 Å². The van der Waals surface area contributed by atoms with Gasteiger partial charge in [-0.05, 0) is 67.6 Å². The zero-order valence-electron chi connectivity index (χ0n) is 12.8. The Labute approximate surface area is 113 Å². The van der Waals surface area contributed by atoms with Crippen molar-refractivity contribution in [1.82, 2.24) is 0 Å². The SMILES string of the molecule is CC(CC(O)CC1CC2CCC1C2)CC(C)(C)C. The van der Waals surface area contributed by atoms with E-state index in [1.807, 2.05) is 0 Å². The molecule has 1 heteroatoms. The maximum Gasteiger partial charge on any atom is 0.0545 e. The highest BCUT2D eigenvalue weighted by Crippen LogP contribution is 2.50. The van der Waals surface area contributed by atoms with E-state index in [-0.39, 0.29) is 6.10 Å². The number of hydrogen-bond acceptors (Lipinski definition) is 1. The molecule has 5 atom stereocenters. The lowest BCUT2D eigenvalue weighted by Gasteiger charge is -2.28. The highest BCUT2D eigenvalue weighted by Gasteiger charge is 2.40. The summed E-state index contributed by atoms with van der Waals surface area (Å²) in [5.41, 5.74) is 0.394. The lowest BCUT2D eigenvalue weighted by atomic mass is 9.80. The van der Waals surface area contributed by atoms with Crippen molar-refractivity contribution >= 4 is 0 Å². The Morgan fingerprint density at radius 1 is 1.17 bits per heavy atom. The Kier molecular flexibility index (Phi) is 4.41. The van der Waals surface area contributed by atoms with E-state index >= 15 is 0 Å². The maximum atomic E-state index is 10.3. The molecule has 0 aromatic carbocycles. The van der Waals surface area contributed by atoms with Gasteiger partial charge in [0.25, 0.3) is 0 Å². The molecule has 1 nitrogen and oxygen atoms in total. The van der Waals surface area contributed by atoms with Crippen LogP contribution < -0.4 is 0 Å². The molecule has 0 heterocycles. The van der Waals surface area contributed by atoms with Crippen LogP contribution in [0.5, 0.6) is 0 Å². The molecule has 106 valence electrons. The maximum absolute atomic E-state index is 10.3. The first-order valence-electron chi connectivity index (χ1n) is 8.01. The zero-order chi connectivity index (χ0) is 13.3. The summed E-state index contributed by atoms with van der Waals surface area (Å²) < 4.78 is 0. The van der Waals surface area contributed by atoms with Crippen LogP contribution in [0.1, 0.15) is 72.6 Å². The van der Waals surface area contributed by atoms with Gasteiger partial charge in [0, 0.05) is 0 Å². The van der Waals surface area contributed by atoms with Gasteiger partial charge in [-0.2, -0.15) is 0 Å². The monoisotopic (exact) mass is 252 g/mol. The predicted molar refractivity (Wildman–Crippen MR) is 77.4 cm³/mol. The van der Waals surface area contributed by atoms with Crippen molar-refractivity contribution in [3.05, 3.63) is 0 Å². The Balaban J connectivity index is 1.70. The quantitative estimate of drug-likeness (QED) is 0.756. The second-order valence-electron chi connectivity index (χ2n) is 8.43. The summed E-state index contributed by atoms with van der Waals surface area (Å²) in [7, 11) is 0. The minimum atomic E-state index is -0.0494. The minimum absolute atomic E-state index is 0.0494. The molecule has 2 rings (SSSR count). The molecule has 5 unspecified atom stereocenters. The molecule has 18 heavy (non-hydrogen) atoms. The second-order valence-corrected chi connectivity index (χ2v) is 8.43. The standard InChI is InChI=1S/C17H32O/c1-12(11-17(2,3)4)7-16(18)10-15-9-13-5-6-14(15)8-13/h12-16,18H,5-11H2,1-4H3. The van der Waals surface area contributed by atoms with Crippen molar-refractivity contribution < 1.29 is 5.11 Å². The largest absolute Gasteiger partial charge is 0.393 e. The summed E-state index contributed by atoms with van der Waals surface area (Å²) in [6, 6.07) is 0. The highest BCUT2D eigenvalue weighted by molar-refractivity contribution is 4.90. The fraction of sp³-hybridized carbons (Fsp3) is 1.00. The zero-order valence-corrected chi connectivity index (χ0v) is 12.8. The normalized spacial score (nSPS) is 34.8. The van der Waals surface area contributed by atoms with E-state index in [2.05, 4.69) is 27.7 Å². The van der Waals surface area contributed by atoms with Gasteiger partial charge in [-0.1, -0.05) is 34.1 Å². The lowest BCUT2D eigenvalue weighted by Crippen LogP contribution is -2.22. The minimum Gasteiger partial charge on any atom is -0.393 e. The Morgan fingerprint density at radius 2 is 1.89 bits per heavy atom. The molecule has 0 aromatic rings. The van der Waals surface area contributed by atoms with Gasteiger partial charge >= 0.3 is 0 Å². The third-order valence-electron chi connectivity index (χ3n) is 5.09. The Morgan fingerprint density at radius 3 is 2.39 bits per heavy atom. The number of aliphatic hydroxyl groups excluding tert-OH is 1. The molecular formula is C17H32O. The third kappa shape index (κ3) is 3.98. The topological polar surface area (TPSA) is 20.2 Å². The van der Waals surface area contributed by atoms with Crippen LogP contribution in [0.4, 0.5) is 0 Å². The molecule has 2 aliphatic carbocycles. The second kappa shape index (κ2) is 5.53. The Hall–Kier alpha value is -0.0400. The Bertz CT molecular complexity index is 265. The van der Waals surface area contributed by atoms with Crippen LogP contribution in [0.15, 0.2) is 0 Å². The first-order valence-corrected chi connectivity index (χ1v) is 8.01. The number of rotatable bonds is 5. The molecule has 0 radical (unpaired) electrons. The lowest BCUT2D eigenvalue weighted by molar-refractivity contribution is 0.0944. The van der Waals surface area contributed by atoms with Crippen molar-refractivity contribution in [3.63, 3.8) is 0 Å². The van der Waals surface area contributed by atoms with Crippen molar-refractivity contribution in [1.29, 1.82) is 0 Å². The van der Waals surface area contributed by atoms with Crippen molar-refractivity contribution in [2.45, 2.75) is 78.7 Å². The van der Waals surface area contributed by atoms with Gasteiger partial charge in [-0.25, -0.2) is 0 Å². The molecule has 0 aromatic heterocycles. The van der Waals surface area contributed by atoms with Gasteiger partial charge in [0.2, 0.25) is 0 Å². The predicted octanol–water partition coefficient (Wildman–Crippen LogP) is 4.64. The summed E-state index contributed by atoms with van der Waals surface area (Å²) >= 11 is 0. The summed E-state index contributed by atoms with van der Waals surface area (Å²) in [6.07, 6.45) is 9.05. The smallest absolute Gasteiger partial charge is 0.0545 e. The van der Waals surface area contributed by atoms with Gasteiger partial charge in [0.15, 0.2) is 0 Å². The molecule has 1 N–H and O–H groups in total. The summed E-state index contributed by atoms with van der Waals surface area (Å²) in [5, 5.41) is 10.3. The molecular weight excluding hydrogens is 220 g/mol. The van der Waals surface area contributed by atoms with Crippen LogP contribution >= 0.6 is 0 Å². The number of hydrogen-bond donors (Lipinski definition) is 1. The molecule has 2 saturated carbocycles. The van der Waals surface area contributed by atoms with E-state index in [1.165, 1.54) is 32.1 Å². The van der Waals surface area contributed by atoms with Crippen LogP contribution in [-0.4, -0.2) is 11.2 Å². The average Bonchev–Trinajstić information content (AvgIpc) is 2.74. The highest BCUT2D eigenvalue weighted by atomic mass is 16.3. The summed E-state index contributed by atoms with van der Waals surface area (Å²) in [6.45, 7) is 9.19. The van der Waals surface area contributed by atoms with Gasteiger partial charge < -0.3 is 5.11 Å². The molecule has 0 saturated heterocycles. The van der Waals surface area contributed by atoms with Crippen LogP contribution in [0.2, 0.25) is 0 Å². The fourth-order valence-corrected chi connectivity index (χ4v) is 4.70. The van der Waals surface area contributed by atoms with E-state index < -0.39 is 0 Å². The third-order valence-corrected chi connectivity index (χ3v) is 5.09. The molecule has 0 aliphatic heterocycles.